The van der Waals surface area contributed by atoms with E-state index in [0.717, 1.165) is 0 Å². The first-order valence-corrected chi connectivity index (χ1v) is 4.90. The minimum Gasteiger partial charge on any atom is -0.270 e. The Hall–Kier alpha value is -1.61. The molecule has 1 aromatic carbocycles. The van der Waals surface area contributed by atoms with Gasteiger partial charge in [-0.15, -0.1) is 0 Å². The number of carbonyl (C=O) groups is 2. The van der Waals surface area contributed by atoms with E-state index in [-0.39, 0.29) is 18.4 Å². The predicted molar refractivity (Wildman–Crippen MR) is 56.8 cm³/mol. The van der Waals surface area contributed by atoms with Crippen LogP contribution in [0.15, 0.2) is 35.9 Å². The van der Waals surface area contributed by atoms with Crippen LogP contribution < -0.4 is 0 Å². The maximum absolute atomic E-state index is 11.7. The smallest absolute Gasteiger partial charge is 0.261 e. The van der Waals surface area contributed by atoms with E-state index in [9.17, 15) is 9.59 Å². The van der Waals surface area contributed by atoms with Crippen molar-refractivity contribution in [3.8, 4) is 0 Å². The summed E-state index contributed by atoms with van der Waals surface area (Å²) in [4.78, 5) is 24.7. The molecule has 1 heterocycles. The molecule has 0 atom stereocenters. The Morgan fingerprint density at radius 2 is 1.67 bits per heavy atom. The number of benzene rings is 1. The third kappa shape index (κ3) is 1.55. The van der Waals surface area contributed by atoms with E-state index in [1.54, 1.807) is 30.3 Å². The zero-order valence-electron chi connectivity index (χ0n) is 7.81. The fourth-order valence-electron chi connectivity index (χ4n) is 1.55. The van der Waals surface area contributed by atoms with Gasteiger partial charge in [0.2, 0.25) is 0 Å². The Morgan fingerprint density at radius 1 is 1.13 bits per heavy atom. The summed E-state index contributed by atoms with van der Waals surface area (Å²) in [5, 5.41) is 0. The van der Waals surface area contributed by atoms with Gasteiger partial charge in [-0.2, -0.15) is 0 Å². The highest BCUT2D eigenvalue weighted by molar-refractivity contribution is 6.25. The van der Waals surface area contributed by atoms with E-state index < -0.39 is 0 Å². The fraction of sp³-hybridized carbons (Fsp3) is 0.0909. The molecule has 0 N–H and O–H groups in total. The van der Waals surface area contributed by atoms with E-state index >= 15 is 0 Å². The molecule has 2 rings (SSSR count). The molecule has 3 nitrogen and oxygen atoms in total. The summed E-state index contributed by atoms with van der Waals surface area (Å²) in [7, 11) is 0. The SMILES string of the molecule is O=C1c2ccccc2C(=O)N1C/C=C/Cl. The highest BCUT2D eigenvalue weighted by atomic mass is 35.5. The number of rotatable bonds is 2. The van der Waals surface area contributed by atoms with Crippen LogP contribution in [0.2, 0.25) is 0 Å². The molecule has 1 aromatic rings. The number of halogens is 1. The van der Waals surface area contributed by atoms with Crippen LogP contribution in [0.4, 0.5) is 0 Å². The molecule has 0 aromatic heterocycles. The first-order valence-electron chi connectivity index (χ1n) is 4.46. The van der Waals surface area contributed by atoms with Gasteiger partial charge >= 0.3 is 0 Å². The van der Waals surface area contributed by atoms with E-state index in [1.807, 2.05) is 0 Å². The number of nitrogens with zero attached hydrogens (tertiary/aromatic N) is 1. The number of hydrogen-bond acceptors (Lipinski definition) is 2. The van der Waals surface area contributed by atoms with Gasteiger partial charge in [0.1, 0.15) is 0 Å². The molecule has 76 valence electrons. The Labute approximate surface area is 91.9 Å². The van der Waals surface area contributed by atoms with Crippen molar-refractivity contribution >= 4 is 23.4 Å². The van der Waals surface area contributed by atoms with Crippen LogP contribution in [0.25, 0.3) is 0 Å². The van der Waals surface area contributed by atoms with Crippen molar-refractivity contribution in [3.63, 3.8) is 0 Å². The maximum Gasteiger partial charge on any atom is 0.261 e. The van der Waals surface area contributed by atoms with Gasteiger partial charge in [-0.1, -0.05) is 29.8 Å². The maximum atomic E-state index is 11.7. The zero-order valence-corrected chi connectivity index (χ0v) is 8.57. The molecular formula is C11H8ClNO2. The standard InChI is InChI=1S/C11H8ClNO2/c12-6-3-7-13-10(14)8-4-1-2-5-9(8)11(13)15/h1-6H,7H2/b6-3+. The summed E-state index contributed by atoms with van der Waals surface area (Å²) in [5.74, 6) is -0.518. The van der Waals surface area contributed by atoms with Crippen LogP contribution in [0.3, 0.4) is 0 Å². The van der Waals surface area contributed by atoms with Crippen molar-refractivity contribution in [2.75, 3.05) is 6.54 Å². The molecule has 0 aliphatic carbocycles. The third-order valence-corrected chi connectivity index (χ3v) is 2.43. The lowest BCUT2D eigenvalue weighted by Crippen LogP contribution is -2.29. The first-order chi connectivity index (χ1) is 7.25. The number of hydrogen-bond donors (Lipinski definition) is 0. The van der Waals surface area contributed by atoms with Crippen molar-refractivity contribution in [2.24, 2.45) is 0 Å². The Kier molecular flexibility index (Phi) is 2.56. The summed E-state index contributed by atoms with van der Waals surface area (Å²) in [6, 6.07) is 6.79. The molecule has 0 fully saturated rings. The highest BCUT2D eigenvalue weighted by Crippen LogP contribution is 2.21. The van der Waals surface area contributed by atoms with Crippen LogP contribution >= 0.6 is 11.6 Å². The second-order valence-electron chi connectivity index (χ2n) is 3.13. The van der Waals surface area contributed by atoms with Crippen LogP contribution in [-0.4, -0.2) is 23.3 Å². The summed E-state index contributed by atoms with van der Waals surface area (Å²) in [6.45, 7) is 0.218. The van der Waals surface area contributed by atoms with Crippen molar-refractivity contribution in [1.82, 2.24) is 4.90 Å². The number of amides is 2. The highest BCUT2D eigenvalue weighted by Gasteiger charge is 2.33. The summed E-state index contributed by atoms with van der Waals surface area (Å²) < 4.78 is 0. The van der Waals surface area contributed by atoms with Gasteiger partial charge in [0.15, 0.2) is 0 Å². The number of fused-ring (bicyclic) bond motifs is 1. The normalized spacial score (nSPS) is 15.1. The number of imide groups is 1. The van der Waals surface area contributed by atoms with Crippen molar-refractivity contribution in [2.45, 2.75) is 0 Å². The van der Waals surface area contributed by atoms with Gasteiger partial charge in [-0.25, -0.2) is 0 Å². The first kappa shape index (κ1) is 9.93. The summed E-state index contributed by atoms with van der Waals surface area (Å²) in [6.07, 6.45) is 1.56. The van der Waals surface area contributed by atoms with Gasteiger partial charge in [-0.3, -0.25) is 14.5 Å². The minimum absolute atomic E-state index is 0.218. The minimum atomic E-state index is -0.259. The zero-order chi connectivity index (χ0) is 10.8. The monoisotopic (exact) mass is 221 g/mol. The molecule has 0 unspecified atom stereocenters. The lowest BCUT2D eigenvalue weighted by atomic mass is 10.1. The van der Waals surface area contributed by atoms with Crippen LogP contribution in [0, 0.1) is 0 Å². The van der Waals surface area contributed by atoms with Crippen LogP contribution in [0.1, 0.15) is 20.7 Å². The number of carbonyl (C=O) groups excluding carboxylic acids is 2. The molecular weight excluding hydrogens is 214 g/mol. The average Bonchev–Trinajstić information content (AvgIpc) is 2.51. The average molecular weight is 222 g/mol. The Morgan fingerprint density at radius 3 is 2.13 bits per heavy atom. The topological polar surface area (TPSA) is 37.4 Å². The van der Waals surface area contributed by atoms with Crippen LogP contribution in [-0.2, 0) is 0 Å². The Bertz CT molecular complexity index is 419. The lowest BCUT2D eigenvalue weighted by molar-refractivity contribution is 0.0672. The molecule has 0 saturated heterocycles. The Balaban J connectivity index is 2.37. The van der Waals surface area contributed by atoms with Gasteiger partial charge < -0.3 is 0 Å². The lowest BCUT2D eigenvalue weighted by Gasteiger charge is -2.09. The van der Waals surface area contributed by atoms with Crippen molar-refractivity contribution < 1.29 is 9.59 Å². The van der Waals surface area contributed by atoms with Crippen molar-refractivity contribution in [1.29, 1.82) is 0 Å². The second-order valence-corrected chi connectivity index (χ2v) is 3.38. The van der Waals surface area contributed by atoms with Gasteiger partial charge in [-0.05, 0) is 12.1 Å². The predicted octanol–water partition coefficient (Wildman–Crippen LogP) is 2.04. The third-order valence-electron chi connectivity index (χ3n) is 2.26. The molecule has 2 amide bonds. The molecule has 0 radical (unpaired) electrons. The molecule has 1 aliphatic heterocycles. The molecule has 15 heavy (non-hydrogen) atoms. The van der Waals surface area contributed by atoms with Gasteiger partial charge in [0.25, 0.3) is 11.8 Å². The van der Waals surface area contributed by atoms with E-state index in [0.29, 0.717) is 11.1 Å². The molecule has 0 spiro atoms. The van der Waals surface area contributed by atoms with E-state index in [4.69, 9.17) is 11.6 Å². The van der Waals surface area contributed by atoms with Gasteiger partial charge in [0, 0.05) is 12.1 Å². The van der Waals surface area contributed by atoms with E-state index in [1.165, 1.54) is 10.4 Å². The summed E-state index contributed by atoms with van der Waals surface area (Å²) >= 11 is 5.36. The molecule has 4 heteroatoms. The molecule has 0 saturated carbocycles. The fourth-order valence-corrected chi connectivity index (χ4v) is 1.63. The molecule has 1 aliphatic rings. The summed E-state index contributed by atoms with van der Waals surface area (Å²) in [5.41, 5.74) is 2.22. The second kappa shape index (κ2) is 3.87. The van der Waals surface area contributed by atoms with Crippen LogP contribution in [0.5, 0.6) is 0 Å². The largest absolute Gasteiger partial charge is 0.270 e. The van der Waals surface area contributed by atoms with Crippen molar-refractivity contribution in [3.05, 3.63) is 47.0 Å². The molecule has 0 bridgehead atoms. The van der Waals surface area contributed by atoms with Gasteiger partial charge in [0.05, 0.1) is 11.1 Å². The van der Waals surface area contributed by atoms with E-state index in [2.05, 4.69) is 0 Å². The quantitative estimate of drug-likeness (QED) is 0.717.